The first-order valence-electron chi connectivity index (χ1n) is 8.93. The van der Waals surface area contributed by atoms with Crippen LogP contribution in [0.5, 0.6) is 0 Å². The molecule has 2 aromatic carbocycles. The zero-order valence-corrected chi connectivity index (χ0v) is 15.4. The number of benzene rings is 2. The van der Waals surface area contributed by atoms with Gasteiger partial charge >= 0.3 is 0 Å². The van der Waals surface area contributed by atoms with Crippen molar-refractivity contribution in [2.24, 2.45) is 0 Å². The molecule has 0 radical (unpaired) electrons. The van der Waals surface area contributed by atoms with Crippen molar-refractivity contribution in [1.29, 1.82) is 5.26 Å². The highest BCUT2D eigenvalue weighted by molar-refractivity contribution is 5.94. The molecule has 140 valence electrons. The van der Waals surface area contributed by atoms with Crippen molar-refractivity contribution in [3.8, 4) is 6.07 Å². The van der Waals surface area contributed by atoms with Crippen molar-refractivity contribution in [1.82, 2.24) is 4.90 Å². The summed E-state index contributed by atoms with van der Waals surface area (Å²) in [6.07, 6.45) is 0.0620. The summed E-state index contributed by atoms with van der Waals surface area (Å²) in [4.78, 5) is 14.5. The van der Waals surface area contributed by atoms with Gasteiger partial charge in [0.05, 0.1) is 29.5 Å². The zero-order chi connectivity index (χ0) is 19.4. The van der Waals surface area contributed by atoms with E-state index in [2.05, 4.69) is 5.32 Å². The summed E-state index contributed by atoms with van der Waals surface area (Å²) in [5, 5.41) is 11.8. The van der Waals surface area contributed by atoms with Gasteiger partial charge in [0.25, 0.3) is 5.91 Å². The Labute approximate surface area is 158 Å². The number of carbonyl (C=O) groups is 1. The summed E-state index contributed by atoms with van der Waals surface area (Å²) in [6.45, 7) is 5.53. The number of morpholine rings is 1. The first kappa shape index (κ1) is 18.9. The molecule has 0 spiro atoms. The summed E-state index contributed by atoms with van der Waals surface area (Å²) in [6, 6.07) is 13.5. The quantitative estimate of drug-likeness (QED) is 0.897. The molecule has 6 heteroatoms. The molecule has 2 atom stereocenters. The van der Waals surface area contributed by atoms with Crippen LogP contribution in [0.1, 0.15) is 35.3 Å². The molecule has 1 heterocycles. The van der Waals surface area contributed by atoms with E-state index in [4.69, 9.17) is 10.00 Å². The predicted octanol–water partition coefficient (Wildman–Crippen LogP) is 3.56. The third-order valence-electron chi connectivity index (χ3n) is 4.49. The second kappa shape index (κ2) is 8.19. The third kappa shape index (κ3) is 4.63. The SMILES string of the molecule is CC1CN(C(=O)c2ccc(CNc3ccc(C#N)cc3F)cc2)CC(C)O1. The molecule has 1 N–H and O–H groups in total. The number of nitrogens with one attached hydrogen (secondary N) is 1. The van der Waals surface area contributed by atoms with E-state index < -0.39 is 5.82 Å². The van der Waals surface area contributed by atoms with Gasteiger partial charge in [0.1, 0.15) is 5.82 Å². The lowest BCUT2D eigenvalue weighted by Crippen LogP contribution is -2.48. The van der Waals surface area contributed by atoms with Crippen LogP contribution in [0.15, 0.2) is 42.5 Å². The highest BCUT2D eigenvalue weighted by Gasteiger charge is 2.26. The maximum Gasteiger partial charge on any atom is 0.254 e. The molecular weight excluding hydrogens is 345 g/mol. The van der Waals surface area contributed by atoms with E-state index in [0.717, 1.165) is 5.56 Å². The minimum absolute atomic E-state index is 0.00496. The van der Waals surface area contributed by atoms with Crippen LogP contribution in [0, 0.1) is 17.1 Å². The Morgan fingerprint density at radius 2 is 1.89 bits per heavy atom. The van der Waals surface area contributed by atoms with Crippen molar-refractivity contribution in [2.75, 3.05) is 18.4 Å². The Balaban J connectivity index is 1.62. The van der Waals surface area contributed by atoms with Crippen molar-refractivity contribution in [2.45, 2.75) is 32.6 Å². The van der Waals surface area contributed by atoms with Crippen LogP contribution >= 0.6 is 0 Å². The smallest absolute Gasteiger partial charge is 0.254 e. The van der Waals surface area contributed by atoms with E-state index in [0.29, 0.717) is 30.9 Å². The van der Waals surface area contributed by atoms with Gasteiger partial charge in [0, 0.05) is 25.2 Å². The second-order valence-electron chi connectivity index (χ2n) is 6.82. The van der Waals surface area contributed by atoms with E-state index in [1.165, 1.54) is 6.07 Å². The van der Waals surface area contributed by atoms with E-state index in [9.17, 15) is 9.18 Å². The zero-order valence-electron chi connectivity index (χ0n) is 15.4. The highest BCUT2D eigenvalue weighted by atomic mass is 19.1. The van der Waals surface area contributed by atoms with Crippen LogP contribution in [0.25, 0.3) is 0 Å². The van der Waals surface area contributed by atoms with Gasteiger partial charge in [-0.2, -0.15) is 5.26 Å². The topological polar surface area (TPSA) is 65.4 Å². The fourth-order valence-corrected chi connectivity index (χ4v) is 3.22. The fraction of sp³-hybridized carbons (Fsp3) is 0.333. The maximum atomic E-state index is 13.9. The lowest BCUT2D eigenvalue weighted by atomic mass is 10.1. The third-order valence-corrected chi connectivity index (χ3v) is 4.49. The molecule has 0 bridgehead atoms. The minimum atomic E-state index is -0.462. The largest absolute Gasteiger partial charge is 0.379 e. The Bertz CT molecular complexity index is 851. The number of rotatable bonds is 4. The van der Waals surface area contributed by atoms with E-state index in [1.54, 1.807) is 24.3 Å². The minimum Gasteiger partial charge on any atom is -0.379 e. The molecule has 1 aliphatic heterocycles. The molecule has 1 aliphatic rings. The molecule has 0 aromatic heterocycles. The first-order chi connectivity index (χ1) is 13.0. The van der Waals surface area contributed by atoms with Crippen LogP contribution < -0.4 is 5.32 Å². The Kier molecular flexibility index (Phi) is 5.72. The summed E-state index contributed by atoms with van der Waals surface area (Å²) >= 11 is 0. The average Bonchev–Trinajstić information content (AvgIpc) is 2.66. The van der Waals surface area contributed by atoms with Crippen LogP contribution in [0.3, 0.4) is 0 Å². The standard InChI is InChI=1S/C21H22FN3O2/c1-14-12-25(13-15(2)27-14)21(26)18-6-3-16(4-7-18)11-24-20-8-5-17(10-23)9-19(20)22/h3-9,14-15,24H,11-13H2,1-2H3. The van der Waals surface area contributed by atoms with Crippen LogP contribution in [0.4, 0.5) is 10.1 Å². The van der Waals surface area contributed by atoms with Gasteiger partial charge in [-0.25, -0.2) is 4.39 Å². The van der Waals surface area contributed by atoms with Gasteiger partial charge < -0.3 is 15.0 Å². The van der Waals surface area contributed by atoms with Gasteiger partial charge in [-0.05, 0) is 49.7 Å². The van der Waals surface area contributed by atoms with Gasteiger partial charge in [0.15, 0.2) is 0 Å². The summed E-state index contributed by atoms with van der Waals surface area (Å²) in [5.41, 5.74) is 2.18. The van der Waals surface area contributed by atoms with Crippen LogP contribution in [-0.2, 0) is 11.3 Å². The number of hydrogen-bond acceptors (Lipinski definition) is 4. The molecule has 0 aliphatic carbocycles. The average molecular weight is 367 g/mol. The van der Waals surface area contributed by atoms with E-state index in [1.807, 2.05) is 36.9 Å². The number of anilines is 1. The molecule has 1 amide bonds. The number of carbonyl (C=O) groups excluding carboxylic acids is 1. The monoisotopic (exact) mass is 367 g/mol. The highest BCUT2D eigenvalue weighted by Crippen LogP contribution is 2.18. The fourth-order valence-electron chi connectivity index (χ4n) is 3.22. The van der Waals surface area contributed by atoms with Crippen molar-refractivity contribution in [3.05, 3.63) is 65.0 Å². The van der Waals surface area contributed by atoms with Gasteiger partial charge in [-0.15, -0.1) is 0 Å². The number of hydrogen-bond donors (Lipinski definition) is 1. The van der Waals surface area contributed by atoms with E-state index >= 15 is 0 Å². The van der Waals surface area contributed by atoms with E-state index in [-0.39, 0.29) is 23.7 Å². The molecule has 1 fully saturated rings. The number of ether oxygens (including phenoxy) is 1. The molecular formula is C21H22FN3O2. The molecule has 0 saturated carbocycles. The molecule has 27 heavy (non-hydrogen) atoms. The lowest BCUT2D eigenvalue weighted by Gasteiger charge is -2.35. The van der Waals surface area contributed by atoms with Crippen molar-refractivity contribution < 1.29 is 13.9 Å². The Hall–Kier alpha value is -2.91. The second-order valence-corrected chi connectivity index (χ2v) is 6.82. The van der Waals surface area contributed by atoms with Crippen LogP contribution in [0.2, 0.25) is 0 Å². The summed E-state index contributed by atoms with van der Waals surface area (Å²) in [5.74, 6) is -0.467. The number of amides is 1. The lowest BCUT2D eigenvalue weighted by molar-refractivity contribution is -0.0586. The molecule has 2 aromatic rings. The number of halogens is 1. The van der Waals surface area contributed by atoms with Crippen LogP contribution in [-0.4, -0.2) is 36.1 Å². The van der Waals surface area contributed by atoms with Gasteiger partial charge in [-0.1, -0.05) is 12.1 Å². The predicted molar refractivity (Wildman–Crippen MR) is 101 cm³/mol. The van der Waals surface area contributed by atoms with Gasteiger partial charge in [0.2, 0.25) is 0 Å². The normalized spacial score (nSPS) is 19.4. The molecule has 1 saturated heterocycles. The Morgan fingerprint density at radius 3 is 2.48 bits per heavy atom. The Morgan fingerprint density at radius 1 is 1.22 bits per heavy atom. The van der Waals surface area contributed by atoms with Crippen molar-refractivity contribution in [3.63, 3.8) is 0 Å². The summed E-state index contributed by atoms with van der Waals surface area (Å²) < 4.78 is 19.6. The van der Waals surface area contributed by atoms with Gasteiger partial charge in [-0.3, -0.25) is 4.79 Å². The number of nitrogens with zero attached hydrogens (tertiary/aromatic N) is 2. The molecule has 2 unspecified atom stereocenters. The first-order valence-corrected chi connectivity index (χ1v) is 8.93. The maximum absolute atomic E-state index is 13.9. The molecule has 5 nitrogen and oxygen atoms in total. The summed E-state index contributed by atoms with van der Waals surface area (Å²) in [7, 11) is 0. The van der Waals surface area contributed by atoms with Crippen molar-refractivity contribution >= 4 is 11.6 Å². The number of nitriles is 1. The molecule has 3 rings (SSSR count).